The Balaban J connectivity index is 2.44. The van der Waals surface area contributed by atoms with Gasteiger partial charge in [-0.25, -0.2) is 4.63 Å². The Kier molecular flexibility index (Phi) is 3.12. The molecule has 0 saturated carbocycles. The molecule has 0 aromatic carbocycles. The molecule has 2 rings (SSSR count). The van der Waals surface area contributed by atoms with Crippen LogP contribution in [0.25, 0.3) is 6.08 Å². The Labute approximate surface area is 110 Å². The van der Waals surface area contributed by atoms with Crippen molar-refractivity contribution in [2.24, 2.45) is 16.7 Å². The molecule has 1 aromatic rings. The molecular weight excluding hydrogens is 224 g/mol. The predicted molar refractivity (Wildman–Crippen MR) is 73.0 cm³/mol. The lowest BCUT2D eigenvalue weighted by Crippen LogP contribution is -2.25. The first-order valence-corrected chi connectivity index (χ1v) is 6.70. The smallest absolute Gasteiger partial charge is 0.131 e. The summed E-state index contributed by atoms with van der Waals surface area (Å²) in [6.45, 7) is 13.7. The zero-order chi connectivity index (χ0) is 13.6. The van der Waals surface area contributed by atoms with E-state index in [9.17, 15) is 0 Å². The molecule has 1 heterocycles. The third kappa shape index (κ3) is 2.65. The summed E-state index contributed by atoms with van der Waals surface area (Å²) in [4.78, 5) is 0. The second-order valence-corrected chi connectivity index (χ2v) is 7.49. The van der Waals surface area contributed by atoms with Gasteiger partial charge in [-0.1, -0.05) is 57.4 Å². The van der Waals surface area contributed by atoms with Crippen LogP contribution in [0.1, 0.15) is 59.4 Å². The Bertz CT molecular complexity index is 458. The number of rotatable bonds is 0. The minimum absolute atomic E-state index is 0.171. The van der Waals surface area contributed by atoms with Crippen LogP contribution < -0.4 is 0 Å². The van der Waals surface area contributed by atoms with Gasteiger partial charge in [-0.15, -0.1) is 0 Å². The van der Waals surface area contributed by atoms with Crippen LogP contribution in [0.3, 0.4) is 0 Å². The van der Waals surface area contributed by atoms with Gasteiger partial charge in [0.1, 0.15) is 11.4 Å². The van der Waals surface area contributed by atoms with Crippen LogP contribution >= 0.6 is 0 Å². The lowest BCUT2D eigenvalue weighted by Gasteiger charge is -2.33. The van der Waals surface area contributed by atoms with Crippen LogP contribution in [0.5, 0.6) is 0 Å². The third-order valence-electron chi connectivity index (χ3n) is 3.99. The standard InChI is InChI=1S/C15H24N2O/c1-14(2,3)10-7-11(15(4,5)6)9-13-12(8-10)16-18-17-13/h8,11H,7,9H2,1-6H3. The zero-order valence-electron chi connectivity index (χ0n) is 12.4. The first-order chi connectivity index (χ1) is 8.18. The molecule has 0 bridgehead atoms. The minimum Gasteiger partial charge on any atom is -0.244 e. The number of hydrogen-bond acceptors (Lipinski definition) is 3. The van der Waals surface area contributed by atoms with E-state index in [0.717, 1.165) is 24.2 Å². The number of hydrogen-bond donors (Lipinski definition) is 0. The molecule has 0 fully saturated rings. The monoisotopic (exact) mass is 248 g/mol. The molecule has 0 saturated heterocycles. The zero-order valence-corrected chi connectivity index (χ0v) is 12.4. The maximum absolute atomic E-state index is 4.90. The maximum atomic E-state index is 4.90. The van der Waals surface area contributed by atoms with Crippen molar-refractivity contribution in [3.8, 4) is 0 Å². The van der Waals surface area contributed by atoms with Gasteiger partial charge in [0.2, 0.25) is 0 Å². The maximum Gasteiger partial charge on any atom is 0.131 e. The molecule has 3 heteroatoms. The van der Waals surface area contributed by atoms with Crippen LogP contribution in [0.2, 0.25) is 0 Å². The van der Waals surface area contributed by atoms with Gasteiger partial charge >= 0.3 is 0 Å². The summed E-state index contributed by atoms with van der Waals surface area (Å²) in [7, 11) is 0. The number of fused-ring (bicyclic) bond motifs is 1. The Hall–Kier alpha value is -1.12. The lowest BCUT2D eigenvalue weighted by molar-refractivity contribution is 0.222. The number of nitrogens with zero attached hydrogens (tertiary/aromatic N) is 2. The van der Waals surface area contributed by atoms with Crippen LogP contribution in [0.15, 0.2) is 10.2 Å². The van der Waals surface area contributed by atoms with Gasteiger partial charge in [0.15, 0.2) is 0 Å². The average Bonchev–Trinajstić information content (AvgIpc) is 2.52. The van der Waals surface area contributed by atoms with Gasteiger partial charge in [0.05, 0.1) is 0 Å². The van der Waals surface area contributed by atoms with Crippen molar-refractivity contribution in [2.75, 3.05) is 0 Å². The molecule has 100 valence electrons. The summed E-state index contributed by atoms with van der Waals surface area (Å²) in [5.41, 5.74) is 3.81. The fraction of sp³-hybridized carbons (Fsp3) is 0.733. The minimum atomic E-state index is 0.171. The first kappa shape index (κ1) is 13.3. The summed E-state index contributed by atoms with van der Waals surface area (Å²) in [6.07, 6.45) is 4.25. The van der Waals surface area contributed by atoms with Gasteiger partial charge in [0.25, 0.3) is 0 Å². The van der Waals surface area contributed by atoms with Crippen molar-refractivity contribution in [3.05, 3.63) is 17.0 Å². The highest BCUT2D eigenvalue weighted by atomic mass is 16.6. The van der Waals surface area contributed by atoms with E-state index in [0.29, 0.717) is 5.92 Å². The van der Waals surface area contributed by atoms with Crippen molar-refractivity contribution in [3.63, 3.8) is 0 Å². The largest absolute Gasteiger partial charge is 0.244 e. The van der Waals surface area contributed by atoms with Crippen molar-refractivity contribution < 1.29 is 4.63 Å². The van der Waals surface area contributed by atoms with Gasteiger partial charge in [-0.05, 0) is 35.7 Å². The van der Waals surface area contributed by atoms with E-state index in [4.69, 9.17) is 4.63 Å². The normalized spacial score (nSPS) is 21.2. The Morgan fingerprint density at radius 1 is 1.06 bits per heavy atom. The topological polar surface area (TPSA) is 38.9 Å². The molecule has 0 spiro atoms. The van der Waals surface area contributed by atoms with Crippen LogP contribution in [-0.2, 0) is 6.42 Å². The van der Waals surface area contributed by atoms with E-state index in [1.807, 2.05) is 0 Å². The number of allylic oxidation sites excluding steroid dienone is 1. The van der Waals surface area contributed by atoms with E-state index in [1.54, 1.807) is 0 Å². The molecule has 0 N–H and O–H groups in total. The predicted octanol–water partition coefficient (Wildman–Crippen LogP) is 4.11. The lowest BCUT2D eigenvalue weighted by atomic mass is 9.72. The quantitative estimate of drug-likeness (QED) is 0.693. The Morgan fingerprint density at radius 2 is 1.72 bits per heavy atom. The highest BCUT2D eigenvalue weighted by molar-refractivity contribution is 5.53. The molecule has 0 aliphatic heterocycles. The van der Waals surface area contributed by atoms with Crippen molar-refractivity contribution in [2.45, 2.75) is 54.4 Å². The summed E-state index contributed by atoms with van der Waals surface area (Å²) < 4.78 is 4.90. The summed E-state index contributed by atoms with van der Waals surface area (Å²) in [6, 6.07) is 0. The van der Waals surface area contributed by atoms with E-state index < -0.39 is 0 Å². The van der Waals surface area contributed by atoms with Gasteiger partial charge < -0.3 is 0 Å². The van der Waals surface area contributed by atoms with Crippen molar-refractivity contribution in [1.29, 1.82) is 0 Å². The van der Waals surface area contributed by atoms with E-state index in [-0.39, 0.29) is 10.8 Å². The van der Waals surface area contributed by atoms with E-state index in [1.165, 1.54) is 5.57 Å². The van der Waals surface area contributed by atoms with E-state index >= 15 is 0 Å². The Morgan fingerprint density at radius 3 is 2.28 bits per heavy atom. The molecule has 1 atom stereocenters. The van der Waals surface area contributed by atoms with Crippen molar-refractivity contribution >= 4 is 6.08 Å². The molecule has 1 unspecified atom stereocenters. The molecule has 3 nitrogen and oxygen atoms in total. The van der Waals surface area contributed by atoms with Crippen LogP contribution in [-0.4, -0.2) is 10.3 Å². The summed E-state index contributed by atoms with van der Waals surface area (Å²) in [5, 5.41) is 8.10. The van der Waals surface area contributed by atoms with Crippen LogP contribution in [0, 0.1) is 16.7 Å². The second kappa shape index (κ2) is 4.22. The second-order valence-electron chi connectivity index (χ2n) is 7.49. The highest BCUT2D eigenvalue weighted by Crippen LogP contribution is 2.42. The van der Waals surface area contributed by atoms with Gasteiger partial charge in [0, 0.05) is 0 Å². The molecular formula is C15H24N2O. The van der Waals surface area contributed by atoms with Crippen molar-refractivity contribution in [1.82, 2.24) is 10.3 Å². The summed E-state index contributed by atoms with van der Waals surface area (Å²) >= 11 is 0. The molecule has 0 amide bonds. The molecule has 0 radical (unpaired) electrons. The third-order valence-corrected chi connectivity index (χ3v) is 3.99. The highest BCUT2D eigenvalue weighted by Gasteiger charge is 2.33. The van der Waals surface area contributed by atoms with Gasteiger partial charge in [-0.3, -0.25) is 0 Å². The van der Waals surface area contributed by atoms with Gasteiger partial charge in [-0.2, -0.15) is 0 Å². The molecule has 18 heavy (non-hydrogen) atoms. The summed E-state index contributed by atoms with van der Waals surface area (Å²) in [5.74, 6) is 0.580. The first-order valence-electron chi connectivity index (χ1n) is 6.70. The molecule has 1 aliphatic carbocycles. The van der Waals surface area contributed by atoms with E-state index in [2.05, 4.69) is 57.9 Å². The fourth-order valence-corrected chi connectivity index (χ4v) is 2.39. The number of aromatic nitrogens is 2. The van der Waals surface area contributed by atoms with Crippen LogP contribution in [0.4, 0.5) is 0 Å². The molecule has 1 aromatic heterocycles. The SMILES string of the molecule is CC(C)(C)C1=Cc2nonc2CC(C(C)(C)C)C1. The average molecular weight is 248 g/mol. The molecule has 1 aliphatic rings. The fourth-order valence-electron chi connectivity index (χ4n) is 2.39.